The van der Waals surface area contributed by atoms with Crippen LogP contribution in [0.15, 0.2) is 11.8 Å². The minimum atomic E-state index is -3.02. The minimum absolute atomic E-state index is 0.00140. The number of rotatable bonds is 69. The van der Waals surface area contributed by atoms with E-state index in [9.17, 15) is 36.1 Å². The number of carbonyl (C=O) groups excluding carboxylic acids is 3. The highest BCUT2D eigenvalue weighted by atomic mass is 32.9. The highest BCUT2D eigenvalue weighted by Crippen LogP contribution is 2.68. The maximum absolute atomic E-state index is 11.8. The van der Waals surface area contributed by atoms with Crippen LogP contribution in [-0.4, -0.2) is 282 Å². The largest absolute Gasteiger partial charge is 0.466 e. The molecule has 0 spiro atoms. The normalized spacial score (nSPS) is 13.4. The maximum Gasteiger partial charge on any atom is 0.388 e. The van der Waals surface area contributed by atoms with Gasteiger partial charge in [-0.1, -0.05) is 126 Å². The lowest BCUT2D eigenvalue weighted by molar-refractivity contribution is -0.149. The second-order valence-corrected chi connectivity index (χ2v) is 85.3. The fourth-order valence-corrected chi connectivity index (χ4v) is 51.2. The van der Waals surface area contributed by atoms with Crippen molar-refractivity contribution in [1.29, 1.82) is 0 Å². The average molecular weight is 2500 g/mol. The fourth-order valence-electron chi connectivity index (χ4n) is 6.62. The van der Waals surface area contributed by atoms with Crippen LogP contribution in [0.2, 0.25) is 0 Å². The first kappa shape index (κ1) is 157. The summed E-state index contributed by atoms with van der Waals surface area (Å²) in [4.78, 5) is 34.2. The van der Waals surface area contributed by atoms with Crippen LogP contribution in [-0.2, 0) is 264 Å². The van der Waals surface area contributed by atoms with Crippen LogP contribution in [0, 0.1) is 0 Å². The Morgan fingerprint density at radius 2 is 0.759 bits per heavy atom. The lowest BCUT2D eigenvalue weighted by Crippen LogP contribution is -2.24. The molecule has 0 rings (SSSR count). The van der Waals surface area contributed by atoms with Gasteiger partial charge in [0.1, 0.15) is 11.5 Å². The van der Waals surface area contributed by atoms with Crippen molar-refractivity contribution in [2.75, 3.05) is 231 Å². The molecule has 0 aliphatic heterocycles. The van der Waals surface area contributed by atoms with E-state index in [0.29, 0.717) is 112 Å². The Bertz CT molecular complexity index is 3430. The Morgan fingerprint density at radius 3 is 1.08 bits per heavy atom. The second kappa shape index (κ2) is 97.0. The molecular formula is C69H158O33P10S21. The first-order valence-corrected chi connectivity index (χ1v) is 83.5. The van der Waals surface area contributed by atoms with Gasteiger partial charge in [0, 0.05) is 193 Å². The molecule has 0 aromatic heterocycles. The predicted octanol–water partition coefficient (Wildman–Crippen LogP) is 25.9. The topological polar surface area (TPSA) is 367 Å². The summed E-state index contributed by atoms with van der Waals surface area (Å²) in [5, 5.41) is 1.80. The molecule has 0 aliphatic rings. The van der Waals surface area contributed by atoms with Gasteiger partial charge in [0.05, 0.1) is 98.4 Å². The van der Waals surface area contributed by atoms with Gasteiger partial charge in [0.2, 0.25) is 28.5 Å². The van der Waals surface area contributed by atoms with Gasteiger partial charge in [-0.05, 0) is 206 Å². The van der Waals surface area contributed by atoms with Crippen molar-refractivity contribution in [2.24, 2.45) is 0 Å². The van der Waals surface area contributed by atoms with Gasteiger partial charge in [-0.15, -0.1) is 11.8 Å². The molecule has 0 aromatic carbocycles. The molecule has 0 amide bonds. The summed E-state index contributed by atoms with van der Waals surface area (Å²) in [5.41, 5.74) is -10.6. The summed E-state index contributed by atoms with van der Waals surface area (Å²) < 4.78 is 185. The number of hydrogen-bond donors (Lipinski definition) is 0. The summed E-state index contributed by atoms with van der Waals surface area (Å²) in [5.74, 6) is 6.65. The predicted molar refractivity (Wildman–Crippen MR) is 616 cm³/mol. The highest BCUT2D eigenvalue weighted by molar-refractivity contribution is 8.70. The third kappa shape index (κ3) is 95.6. The smallest absolute Gasteiger partial charge is 0.388 e. The molecule has 0 radical (unpaired) electrons. The van der Waals surface area contributed by atoms with Crippen molar-refractivity contribution >= 4 is 322 Å². The second-order valence-electron chi connectivity index (χ2n) is 23.6. The quantitative estimate of drug-likeness (QED) is 0.0104. The fraction of sp³-hybridized carbons (Fsp3) is 0.928. The molecule has 133 heavy (non-hydrogen) atoms. The van der Waals surface area contributed by atoms with Gasteiger partial charge >= 0.3 is 51.7 Å². The lowest BCUT2D eigenvalue weighted by atomic mass is 10.3. The highest BCUT2D eigenvalue weighted by Gasteiger charge is 2.35. The molecule has 0 saturated carbocycles. The molecule has 0 heterocycles. The average Bonchev–Trinajstić information content (AvgIpc) is 0.811. The van der Waals surface area contributed by atoms with E-state index in [2.05, 4.69) is 46.3 Å². The molecule has 64 heteroatoms. The number of carbonyl (C=O) groups is 3. The summed E-state index contributed by atoms with van der Waals surface area (Å²) in [6.45, 7) is 35.7. The van der Waals surface area contributed by atoms with Crippen molar-refractivity contribution < 1.29 is 150 Å². The Kier molecular flexibility index (Phi) is 115. The van der Waals surface area contributed by atoms with Crippen LogP contribution in [0.4, 0.5) is 0 Å². The van der Waals surface area contributed by atoms with Crippen LogP contribution < -0.4 is 0 Å². The molecule has 5 atom stereocenters. The monoisotopic (exact) mass is 2500 g/mol. The molecule has 0 bridgehead atoms. The van der Waals surface area contributed by atoms with Crippen LogP contribution in [0.25, 0.3) is 0 Å². The Hall–Kier alpha value is 6.72. The molecule has 0 aromatic rings. The zero-order chi connectivity index (χ0) is 105. The van der Waals surface area contributed by atoms with E-state index in [1.807, 2.05) is 132 Å². The number of hydrogen-bond acceptors (Lipinski definition) is 51. The van der Waals surface area contributed by atoms with Gasteiger partial charge in [-0.25, -0.2) is 18.2 Å². The van der Waals surface area contributed by atoms with Crippen molar-refractivity contribution in [3.05, 3.63) is 11.8 Å². The van der Waals surface area contributed by atoms with Crippen LogP contribution in [0.1, 0.15) is 166 Å². The van der Waals surface area contributed by atoms with Crippen molar-refractivity contribution in [3.63, 3.8) is 0 Å². The van der Waals surface area contributed by atoms with Crippen molar-refractivity contribution in [3.8, 4) is 0 Å². The van der Waals surface area contributed by atoms with E-state index in [0.717, 1.165) is 67.3 Å². The van der Waals surface area contributed by atoms with E-state index in [4.69, 9.17) is 203 Å². The third-order valence-corrected chi connectivity index (χ3v) is 67.5. The lowest BCUT2D eigenvalue weighted by Gasteiger charge is -2.27. The molecule has 33 nitrogen and oxygen atoms in total. The molecular weight excluding hydrogens is 2340 g/mol. The van der Waals surface area contributed by atoms with Crippen LogP contribution in [0.3, 0.4) is 0 Å². The molecule has 0 saturated heterocycles. The first-order chi connectivity index (χ1) is 62.0. The Balaban J connectivity index is -0.000000186. The van der Waals surface area contributed by atoms with E-state index >= 15 is 0 Å². The Labute approximate surface area is 890 Å². The molecule has 808 valence electrons. The first-order valence-electron chi connectivity index (χ1n) is 41.0. The summed E-state index contributed by atoms with van der Waals surface area (Å²) >= 11 is 57.0. The minimum Gasteiger partial charge on any atom is -0.466 e. The number of ether oxygens (including phenoxy) is 3. The zero-order valence-corrected chi connectivity index (χ0v) is 110. The van der Waals surface area contributed by atoms with Gasteiger partial charge in [-0.2, -0.15) is 23.5 Å². The third-order valence-electron chi connectivity index (χ3n) is 12.4. The van der Waals surface area contributed by atoms with E-state index in [-0.39, 0.29) is 35.2 Å². The van der Waals surface area contributed by atoms with Crippen molar-refractivity contribution in [2.45, 2.75) is 186 Å². The van der Waals surface area contributed by atoms with Gasteiger partial charge < -0.3 is 109 Å². The summed E-state index contributed by atoms with van der Waals surface area (Å²) in [6, 6.07) is 0. The molecule has 5 unspecified atom stereocenters. The van der Waals surface area contributed by atoms with Crippen LogP contribution in [0.5, 0.6) is 0 Å². The number of thioether (sulfide) groups is 3. The van der Waals surface area contributed by atoms with E-state index < -0.39 is 118 Å². The summed E-state index contributed by atoms with van der Waals surface area (Å²) in [7, 11) is 13.1. The number of esters is 3. The summed E-state index contributed by atoms with van der Waals surface area (Å²) in [6.07, 6.45) is 1.06. The van der Waals surface area contributed by atoms with Gasteiger partial charge in [-0.3, -0.25) is 22.2 Å². The van der Waals surface area contributed by atoms with E-state index in [1.165, 1.54) is 88.6 Å². The Morgan fingerprint density at radius 1 is 0.398 bits per heavy atom. The molecule has 0 fully saturated rings. The van der Waals surface area contributed by atoms with Crippen LogP contribution >= 0.6 is 177 Å². The SMILES string of the molecule is CCOC(=O)CC(SP(=S)(OC)OC)C(=O)OCC.CCOP(=S)(OCC)OP(=S)(OCC)OCC.CCOP(=S)(OCC)SCCS(=O)CC.CCOP(=S)(OCC)SCSC(C)(C)C.CCOP(=S)(OCC)SCSCC.CCS(=O)CC(C)SP(=O)(OC)OC.CCS(=O)CCSP(=O)(OC)OC.COC(=O)/C(C)=C/OP(=S)(OC)OC.COP(=S)(OC)SCCSC(C)C. The van der Waals surface area contributed by atoms with Crippen molar-refractivity contribution in [1.82, 2.24) is 0 Å². The van der Waals surface area contributed by atoms with Gasteiger partial charge in [0.25, 0.3) is 0 Å². The maximum atomic E-state index is 11.8. The standard InChI is InChI=1S/C10H19O6PS2.C9H21O2PS3.C8H20O5P2S2.C8H19O3PS3.C7H13O5PS.C7H17O4PS2.2C7H17O2PS3.C6H15O4PS2/c1-5-15-9(11)7-8(10(12)16-6-2)19-17(18,13-3)14-4;1-6-10-12(13,11-7-2)15-8-14-9(3,4)5;1-5-9-14(16,10-6-2)13-15(17,11-7-3)12-8-4;1-4-10-12(13,11-5-2)14-7-8-15(9)6-3;1-6(7(8)9-2)5-12-13(14,10-3)11-4;1-5-14(9)6-7(2)13-12(8,10-3)11-4;1-7(2)12-5-6-13-10(11,8-3)9-4;1-4-8-10(11,9-5-2)13-7-12-6-3;1-4-13(8)6-5-12-11(7,9-2)10-3/h8H,5-7H2,1-4H3;6-8H2,1-5H3;5-8H2,1-4H3;4-8H2,1-3H3;5H,1-4H3;7H,5-6H2,1-4H3;7H,5-6H2,1-4H3;4-7H2,1-3H3;4-6H2,1-3H3/b;;;;6-5+;;;;. The van der Waals surface area contributed by atoms with E-state index in [1.54, 1.807) is 62.2 Å². The molecule has 0 N–H and O–H groups in total. The van der Waals surface area contributed by atoms with Gasteiger partial charge in [0.15, 0.2) is 0 Å². The molecule has 0 aliphatic carbocycles. The zero-order valence-electron chi connectivity index (χ0n) is 83.7. The number of methoxy groups -OCH3 is 1.